The van der Waals surface area contributed by atoms with Crippen molar-refractivity contribution < 1.29 is 29.0 Å². The fraction of sp³-hybridized carbons (Fsp3) is 0.345. The number of nitrogens with zero attached hydrogens (tertiary/aromatic N) is 1. The van der Waals surface area contributed by atoms with E-state index in [0.29, 0.717) is 41.2 Å². The molecule has 1 fully saturated rings. The Kier molecular flexibility index (Phi) is 7.53. The lowest BCUT2D eigenvalue weighted by Crippen LogP contribution is -2.55. The van der Waals surface area contributed by atoms with E-state index in [4.69, 9.17) is 21.1 Å². The largest absolute Gasteiger partial charge is 0.475 e. The Morgan fingerprint density at radius 1 is 1.03 bits per heavy atom. The molecule has 38 heavy (non-hydrogen) atoms. The van der Waals surface area contributed by atoms with Gasteiger partial charge in [-0.25, -0.2) is 4.79 Å². The molecule has 9 heteroatoms. The summed E-state index contributed by atoms with van der Waals surface area (Å²) in [7, 11) is 0. The minimum atomic E-state index is -1.15. The van der Waals surface area contributed by atoms with Crippen LogP contribution >= 0.6 is 11.6 Å². The summed E-state index contributed by atoms with van der Waals surface area (Å²) in [6, 6.07) is 16.2. The number of carbonyl (C=O) groups is 3. The van der Waals surface area contributed by atoms with Crippen molar-refractivity contribution in [2.24, 2.45) is 0 Å². The predicted octanol–water partition coefficient (Wildman–Crippen LogP) is 4.57. The second kappa shape index (κ2) is 11.0. The van der Waals surface area contributed by atoms with Crippen molar-refractivity contribution in [3.8, 4) is 0 Å². The van der Waals surface area contributed by atoms with E-state index in [1.165, 1.54) is 6.07 Å². The average Bonchev–Trinajstić information content (AvgIpc) is 3.39. The van der Waals surface area contributed by atoms with Gasteiger partial charge in [0.25, 0.3) is 5.91 Å². The van der Waals surface area contributed by atoms with E-state index in [0.717, 1.165) is 18.4 Å². The Morgan fingerprint density at radius 2 is 1.76 bits per heavy atom. The molecule has 2 aromatic carbocycles. The van der Waals surface area contributed by atoms with Gasteiger partial charge >= 0.3 is 5.97 Å². The first kappa shape index (κ1) is 26.0. The highest BCUT2D eigenvalue weighted by molar-refractivity contribution is 6.30. The van der Waals surface area contributed by atoms with Crippen molar-refractivity contribution in [1.82, 2.24) is 10.2 Å². The molecule has 2 aliphatic rings. The number of carboxylic acids is 1. The summed E-state index contributed by atoms with van der Waals surface area (Å²) in [6.07, 6.45) is 2.66. The van der Waals surface area contributed by atoms with Crippen LogP contribution in [0.25, 0.3) is 0 Å². The Bertz CT molecular complexity index is 1340. The maximum absolute atomic E-state index is 13.9. The third-order valence-electron chi connectivity index (χ3n) is 7.46. The molecule has 0 radical (unpaired) electrons. The number of amides is 2. The zero-order chi connectivity index (χ0) is 26.8. The van der Waals surface area contributed by atoms with Crippen LogP contribution in [0.5, 0.6) is 0 Å². The molecule has 3 aromatic rings. The Balaban J connectivity index is 1.50. The topological polar surface area (TPSA) is 120 Å². The third-order valence-corrected chi connectivity index (χ3v) is 7.72. The van der Waals surface area contributed by atoms with E-state index in [2.05, 4.69) is 5.32 Å². The number of fused-ring (bicyclic) bond motifs is 1. The Hall–Kier alpha value is -3.62. The van der Waals surface area contributed by atoms with Gasteiger partial charge in [0.2, 0.25) is 11.7 Å². The maximum atomic E-state index is 13.9. The number of hydrogen-bond donors (Lipinski definition) is 3. The van der Waals surface area contributed by atoms with Crippen LogP contribution in [0.1, 0.15) is 75.4 Å². The Labute approximate surface area is 225 Å². The number of benzene rings is 2. The first-order valence-corrected chi connectivity index (χ1v) is 13.2. The number of carboxylic acid groups (broad SMARTS) is 1. The molecule has 0 unspecified atom stereocenters. The first-order valence-electron chi connectivity index (χ1n) is 12.8. The van der Waals surface area contributed by atoms with Gasteiger partial charge in [-0.05, 0) is 54.3 Å². The molecule has 0 spiro atoms. The van der Waals surface area contributed by atoms with Gasteiger partial charge < -0.3 is 24.8 Å². The fourth-order valence-electron chi connectivity index (χ4n) is 5.68. The van der Waals surface area contributed by atoms with E-state index in [-0.39, 0.29) is 24.1 Å². The number of furan rings is 1. The van der Waals surface area contributed by atoms with E-state index in [9.17, 15) is 19.5 Å². The van der Waals surface area contributed by atoms with Crippen LogP contribution < -0.4 is 5.32 Å². The van der Waals surface area contributed by atoms with Gasteiger partial charge in [-0.15, -0.1) is 0 Å². The number of halogens is 1. The highest BCUT2D eigenvalue weighted by atomic mass is 35.5. The second-order valence-corrected chi connectivity index (χ2v) is 10.2. The molecule has 1 aliphatic carbocycles. The molecule has 3 N–H and O–H groups in total. The molecule has 0 bridgehead atoms. The molecule has 5 rings (SSSR count). The van der Waals surface area contributed by atoms with E-state index in [1.807, 2.05) is 18.2 Å². The van der Waals surface area contributed by atoms with Gasteiger partial charge in [-0.2, -0.15) is 0 Å². The molecule has 2 heterocycles. The fourth-order valence-corrected chi connectivity index (χ4v) is 5.80. The Morgan fingerprint density at radius 3 is 2.47 bits per heavy atom. The lowest BCUT2D eigenvalue weighted by atomic mass is 9.76. The second-order valence-electron chi connectivity index (χ2n) is 9.81. The number of nitrogens with one attached hydrogen (secondary N) is 1. The van der Waals surface area contributed by atoms with Crippen LogP contribution in [0, 0.1) is 0 Å². The molecule has 2 amide bonds. The predicted molar refractivity (Wildman–Crippen MR) is 140 cm³/mol. The quantitative estimate of drug-likeness (QED) is 0.407. The highest BCUT2D eigenvalue weighted by Gasteiger charge is 2.48. The molecular weight excluding hydrogens is 508 g/mol. The van der Waals surface area contributed by atoms with Gasteiger partial charge in [-0.1, -0.05) is 54.8 Å². The minimum absolute atomic E-state index is 0.157. The van der Waals surface area contributed by atoms with Crippen LogP contribution in [0.2, 0.25) is 5.02 Å². The van der Waals surface area contributed by atoms with Gasteiger partial charge in [0.05, 0.1) is 24.1 Å². The first-order chi connectivity index (χ1) is 18.3. The monoisotopic (exact) mass is 536 g/mol. The lowest BCUT2D eigenvalue weighted by Gasteiger charge is -2.48. The molecule has 1 aromatic heterocycles. The normalized spacial score (nSPS) is 23.1. The van der Waals surface area contributed by atoms with Crippen molar-refractivity contribution in [1.29, 1.82) is 0 Å². The maximum Gasteiger partial charge on any atom is 0.371 e. The van der Waals surface area contributed by atoms with Crippen LogP contribution in [0.3, 0.4) is 0 Å². The average molecular weight is 537 g/mol. The van der Waals surface area contributed by atoms with Gasteiger partial charge in [0.15, 0.2) is 0 Å². The van der Waals surface area contributed by atoms with Crippen molar-refractivity contribution in [3.63, 3.8) is 0 Å². The summed E-state index contributed by atoms with van der Waals surface area (Å²) in [5, 5.41) is 23.6. The molecule has 1 aliphatic heterocycles. The van der Waals surface area contributed by atoms with E-state index in [1.54, 1.807) is 41.3 Å². The number of carbonyl (C=O) groups excluding carboxylic acids is 2. The molecule has 0 saturated heterocycles. The van der Waals surface area contributed by atoms with Gasteiger partial charge in [0, 0.05) is 23.6 Å². The van der Waals surface area contributed by atoms with Crippen LogP contribution in [0.4, 0.5) is 0 Å². The molecule has 198 valence electrons. The summed E-state index contributed by atoms with van der Waals surface area (Å²) in [5.74, 6) is -2.07. The van der Waals surface area contributed by atoms with Gasteiger partial charge in [-0.3, -0.25) is 9.59 Å². The standard InChI is InChI=1S/C29H29ClN2O6/c30-18-11-9-17(10-12-18)26-25(27(34)31-16-15-19-13-14-24(38-19)29(36)37)20-5-1-2-6-21(20)28(35)32(26)22-7-3-4-8-23(22)33/h1-2,5-6,9-14,22-23,25-26,33H,3-4,7-8,15-16H2,(H,31,34)(H,36,37)/t22-,23-,25+,26-/m0/s1. The van der Waals surface area contributed by atoms with Crippen LogP contribution in [-0.2, 0) is 11.2 Å². The SMILES string of the molecule is O=C(O)c1ccc(CCNC(=O)[C@@H]2c3ccccc3C(=O)N([C@H]3CCCC[C@@H]3O)[C@H]2c2ccc(Cl)cc2)o1. The summed E-state index contributed by atoms with van der Waals surface area (Å²) in [6.45, 7) is 0.220. The van der Waals surface area contributed by atoms with Gasteiger partial charge in [0.1, 0.15) is 5.76 Å². The van der Waals surface area contributed by atoms with E-state index >= 15 is 0 Å². The van der Waals surface area contributed by atoms with Crippen LogP contribution in [-0.4, -0.2) is 51.6 Å². The summed E-state index contributed by atoms with van der Waals surface area (Å²) in [4.78, 5) is 40.6. The number of aliphatic hydroxyl groups excluding tert-OH is 1. The van der Waals surface area contributed by atoms with Crippen LogP contribution in [0.15, 0.2) is 65.1 Å². The summed E-state index contributed by atoms with van der Waals surface area (Å²) < 4.78 is 5.31. The number of rotatable bonds is 7. The van der Waals surface area contributed by atoms with Crippen molar-refractivity contribution in [2.45, 2.75) is 56.2 Å². The molecule has 1 saturated carbocycles. The minimum Gasteiger partial charge on any atom is -0.475 e. The highest BCUT2D eigenvalue weighted by Crippen LogP contribution is 2.46. The number of aliphatic hydroxyl groups is 1. The van der Waals surface area contributed by atoms with Crippen molar-refractivity contribution in [2.75, 3.05) is 6.54 Å². The smallest absolute Gasteiger partial charge is 0.371 e. The zero-order valence-corrected chi connectivity index (χ0v) is 21.4. The molecular formula is C29H29ClN2O6. The van der Waals surface area contributed by atoms with Crippen molar-refractivity contribution in [3.05, 3.63) is 93.9 Å². The molecule has 8 nitrogen and oxygen atoms in total. The van der Waals surface area contributed by atoms with E-state index < -0.39 is 30.1 Å². The molecule has 4 atom stereocenters. The number of hydrogen-bond acceptors (Lipinski definition) is 5. The summed E-state index contributed by atoms with van der Waals surface area (Å²) in [5.41, 5.74) is 1.84. The summed E-state index contributed by atoms with van der Waals surface area (Å²) >= 11 is 6.17. The van der Waals surface area contributed by atoms with Crippen molar-refractivity contribution >= 4 is 29.4 Å². The third kappa shape index (κ3) is 5.06. The zero-order valence-electron chi connectivity index (χ0n) is 20.7. The lowest BCUT2D eigenvalue weighted by molar-refractivity contribution is -0.125. The number of aromatic carboxylic acids is 1.